The van der Waals surface area contributed by atoms with E-state index in [0.29, 0.717) is 16.7 Å². The molecule has 0 unspecified atom stereocenters. The van der Waals surface area contributed by atoms with Gasteiger partial charge in [0, 0.05) is 10.9 Å². The minimum absolute atomic E-state index is 0.319. The number of esters is 1. The Morgan fingerprint density at radius 2 is 2.19 bits per heavy atom. The molecular formula is C15H24N2O2S2. The average molecular weight is 329 g/mol. The summed E-state index contributed by atoms with van der Waals surface area (Å²) in [5, 5.41) is 7.64. The van der Waals surface area contributed by atoms with Crippen molar-refractivity contribution in [2.45, 2.75) is 52.5 Å². The van der Waals surface area contributed by atoms with Gasteiger partial charge >= 0.3 is 5.97 Å². The fourth-order valence-electron chi connectivity index (χ4n) is 2.00. The molecule has 1 aromatic heterocycles. The zero-order valence-corrected chi connectivity index (χ0v) is 14.7. The summed E-state index contributed by atoms with van der Waals surface area (Å²) in [6.07, 6.45) is 4.73. The highest BCUT2D eigenvalue weighted by atomic mass is 32.1. The van der Waals surface area contributed by atoms with E-state index in [0.717, 1.165) is 16.3 Å². The lowest BCUT2D eigenvalue weighted by Crippen LogP contribution is -2.35. The van der Waals surface area contributed by atoms with Gasteiger partial charge in [-0.25, -0.2) is 4.79 Å². The van der Waals surface area contributed by atoms with Crippen LogP contribution in [0.3, 0.4) is 0 Å². The van der Waals surface area contributed by atoms with E-state index in [2.05, 4.69) is 24.5 Å². The molecule has 0 aliphatic rings. The Morgan fingerprint density at radius 3 is 2.81 bits per heavy atom. The number of carbonyl (C=O) groups is 1. The van der Waals surface area contributed by atoms with Gasteiger partial charge in [-0.15, -0.1) is 11.3 Å². The summed E-state index contributed by atoms with van der Waals surface area (Å²) in [6.45, 7) is 6.26. The standard InChI is InChI=1S/C15H24N2O2S2/c1-5-6-7-8-10(2)16-15(20)17-13-12(14(18)19-4)9-11(3)21-13/h9-10H,5-8H2,1-4H3,(H2,16,17,20)/t10-/m1/s1. The average Bonchev–Trinajstić information content (AvgIpc) is 2.78. The third kappa shape index (κ3) is 6.01. The first-order valence-corrected chi connectivity index (χ1v) is 8.46. The Bertz CT molecular complexity index is 486. The molecule has 0 bridgehead atoms. The van der Waals surface area contributed by atoms with Crippen LogP contribution in [0.15, 0.2) is 6.07 Å². The van der Waals surface area contributed by atoms with Crippen molar-refractivity contribution in [3.8, 4) is 0 Å². The van der Waals surface area contributed by atoms with Crippen molar-refractivity contribution in [3.05, 3.63) is 16.5 Å². The van der Waals surface area contributed by atoms with Gasteiger partial charge in [0.05, 0.1) is 12.7 Å². The van der Waals surface area contributed by atoms with Crippen LogP contribution >= 0.6 is 23.6 Å². The Morgan fingerprint density at radius 1 is 1.48 bits per heavy atom. The van der Waals surface area contributed by atoms with Crippen LogP contribution in [0, 0.1) is 6.92 Å². The van der Waals surface area contributed by atoms with Crippen molar-refractivity contribution in [2.75, 3.05) is 12.4 Å². The van der Waals surface area contributed by atoms with Crippen molar-refractivity contribution in [1.29, 1.82) is 0 Å². The van der Waals surface area contributed by atoms with Crippen molar-refractivity contribution >= 4 is 39.6 Å². The third-order valence-electron chi connectivity index (χ3n) is 3.11. The van der Waals surface area contributed by atoms with Crippen LogP contribution in [0.5, 0.6) is 0 Å². The minimum atomic E-state index is -0.347. The van der Waals surface area contributed by atoms with Crippen LogP contribution in [0.2, 0.25) is 0 Å². The summed E-state index contributed by atoms with van der Waals surface area (Å²) in [5.41, 5.74) is 0.530. The fourth-order valence-corrected chi connectivity index (χ4v) is 3.28. The number of methoxy groups -OCH3 is 1. The second-order valence-corrected chi connectivity index (χ2v) is 6.75. The molecular weight excluding hydrogens is 304 g/mol. The maximum absolute atomic E-state index is 11.7. The molecule has 1 aromatic rings. The lowest BCUT2D eigenvalue weighted by molar-refractivity contribution is 0.0602. The molecule has 21 heavy (non-hydrogen) atoms. The van der Waals surface area contributed by atoms with E-state index in [1.165, 1.54) is 37.7 Å². The topological polar surface area (TPSA) is 50.4 Å². The Hall–Kier alpha value is -1.14. The van der Waals surface area contributed by atoms with Crippen molar-refractivity contribution in [2.24, 2.45) is 0 Å². The summed E-state index contributed by atoms with van der Waals surface area (Å²) in [7, 11) is 1.38. The first-order chi connectivity index (χ1) is 9.97. The van der Waals surface area contributed by atoms with Gasteiger partial charge in [0.25, 0.3) is 0 Å². The molecule has 0 amide bonds. The number of hydrogen-bond acceptors (Lipinski definition) is 4. The molecule has 0 aromatic carbocycles. The third-order valence-corrected chi connectivity index (χ3v) is 4.29. The number of hydrogen-bond donors (Lipinski definition) is 2. The van der Waals surface area contributed by atoms with Gasteiger partial charge in [0.1, 0.15) is 5.00 Å². The molecule has 0 radical (unpaired) electrons. The van der Waals surface area contributed by atoms with Gasteiger partial charge in [0.15, 0.2) is 5.11 Å². The summed E-state index contributed by atoms with van der Waals surface area (Å²) in [5.74, 6) is -0.347. The smallest absolute Gasteiger partial charge is 0.340 e. The van der Waals surface area contributed by atoms with Crippen molar-refractivity contribution in [3.63, 3.8) is 0 Å². The molecule has 1 atom stereocenters. The van der Waals surface area contributed by atoms with Crippen LogP contribution in [0.25, 0.3) is 0 Å². The number of carbonyl (C=O) groups excluding carboxylic acids is 1. The normalized spacial score (nSPS) is 11.8. The van der Waals surface area contributed by atoms with E-state index in [1.54, 1.807) is 0 Å². The van der Waals surface area contributed by atoms with Crippen LogP contribution in [0.4, 0.5) is 5.00 Å². The number of thiocarbonyl (C=S) groups is 1. The maximum Gasteiger partial charge on any atom is 0.340 e. The van der Waals surface area contributed by atoms with Crippen LogP contribution in [-0.4, -0.2) is 24.2 Å². The largest absolute Gasteiger partial charge is 0.465 e. The molecule has 0 aliphatic heterocycles. The molecule has 118 valence electrons. The first-order valence-electron chi connectivity index (χ1n) is 7.24. The summed E-state index contributed by atoms with van der Waals surface area (Å²) in [4.78, 5) is 12.7. The van der Waals surface area contributed by atoms with Crippen LogP contribution < -0.4 is 10.6 Å². The second-order valence-electron chi connectivity index (χ2n) is 5.09. The Kier molecular flexibility index (Phi) is 7.67. The molecule has 4 nitrogen and oxygen atoms in total. The predicted octanol–water partition coefficient (Wildman–Crippen LogP) is 4.10. The first kappa shape index (κ1) is 17.9. The second kappa shape index (κ2) is 9.00. The van der Waals surface area contributed by atoms with E-state index < -0.39 is 0 Å². The highest BCUT2D eigenvalue weighted by Gasteiger charge is 2.16. The number of aryl methyl sites for hydroxylation is 1. The molecule has 2 N–H and O–H groups in total. The van der Waals surface area contributed by atoms with Gasteiger partial charge in [0.2, 0.25) is 0 Å². The summed E-state index contributed by atoms with van der Waals surface area (Å²) in [6, 6.07) is 2.13. The number of thiophene rings is 1. The van der Waals surface area contributed by atoms with Crippen molar-refractivity contribution in [1.82, 2.24) is 5.32 Å². The predicted molar refractivity (Wildman–Crippen MR) is 93.4 cm³/mol. The molecule has 1 rings (SSSR count). The van der Waals surface area contributed by atoms with E-state index in [9.17, 15) is 4.79 Å². The SMILES string of the molecule is CCCCC[C@@H](C)NC(=S)Nc1sc(C)cc1C(=O)OC. The van der Waals surface area contributed by atoms with Crippen LogP contribution in [-0.2, 0) is 4.74 Å². The van der Waals surface area contributed by atoms with Gasteiger partial charge < -0.3 is 15.4 Å². The molecule has 1 heterocycles. The number of unbranched alkanes of at least 4 members (excludes halogenated alkanes) is 2. The Balaban J connectivity index is 2.56. The van der Waals surface area contributed by atoms with Crippen molar-refractivity contribution < 1.29 is 9.53 Å². The lowest BCUT2D eigenvalue weighted by Gasteiger charge is -2.16. The fraction of sp³-hybridized carbons (Fsp3) is 0.600. The number of rotatable bonds is 7. The molecule has 0 fully saturated rings. The molecule has 0 saturated heterocycles. The van der Waals surface area contributed by atoms with E-state index >= 15 is 0 Å². The molecule has 0 aliphatic carbocycles. The highest BCUT2D eigenvalue weighted by molar-refractivity contribution is 7.80. The highest BCUT2D eigenvalue weighted by Crippen LogP contribution is 2.28. The number of anilines is 1. The molecule has 0 saturated carbocycles. The van der Waals surface area contributed by atoms with E-state index in [-0.39, 0.29) is 5.97 Å². The number of ether oxygens (including phenoxy) is 1. The van der Waals surface area contributed by atoms with Gasteiger partial charge in [-0.3, -0.25) is 0 Å². The summed E-state index contributed by atoms with van der Waals surface area (Å²) >= 11 is 6.81. The van der Waals surface area contributed by atoms with Crippen LogP contribution in [0.1, 0.15) is 54.8 Å². The zero-order chi connectivity index (χ0) is 15.8. The quantitative estimate of drug-likeness (QED) is 0.448. The molecule has 0 spiro atoms. The van der Waals surface area contributed by atoms with E-state index in [4.69, 9.17) is 17.0 Å². The lowest BCUT2D eigenvalue weighted by atomic mass is 10.1. The Labute approximate surface area is 136 Å². The monoisotopic (exact) mass is 328 g/mol. The minimum Gasteiger partial charge on any atom is -0.465 e. The van der Waals surface area contributed by atoms with Gasteiger partial charge in [-0.05, 0) is 38.6 Å². The summed E-state index contributed by atoms with van der Waals surface area (Å²) < 4.78 is 4.78. The number of nitrogens with one attached hydrogen (secondary N) is 2. The maximum atomic E-state index is 11.7. The molecule has 6 heteroatoms. The van der Waals surface area contributed by atoms with Gasteiger partial charge in [-0.2, -0.15) is 0 Å². The zero-order valence-electron chi connectivity index (χ0n) is 13.1. The van der Waals surface area contributed by atoms with Gasteiger partial charge in [-0.1, -0.05) is 26.2 Å². The van der Waals surface area contributed by atoms with E-state index in [1.807, 2.05) is 13.0 Å².